The van der Waals surface area contributed by atoms with Crippen molar-refractivity contribution in [1.82, 2.24) is 14.3 Å². The number of pyridine rings is 1. The van der Waals surface area contributed by atoms with E-state index in [1.165, 1.54) is 35.0 Å². The minimum atomic E-state index is -3.66. The summed E-state index contributed by atoms with van der Waals surface area (Å²) >= 11 is 1.42. The Bertz CT molecular complexity index is 642. The summed E-state index contributed by atoms with van der Waals surface area (Å²) in [5.41, 5.74) is 4.64. The number of hydrogen-bond acceptors (Lipinski definition) is 7. The molecule has 0 aliphatic heterocycles. The summed E-state index contributed by atoms with van der Waals surface area (Å²) in [5.74, 6) is 5.40. The third-order valence-corrected chi connectivity index (χ3v) is 4.93. The Labute approximate surface area is 115 Å². The lowest BCUT2D eigenvalue weighted by Gasteiger charge is -2.17. The number of anilines is 1. The number of aromatic nitrogens is 2. The maximum Gasteiger partial charge on any atom is 0.246 e. The van der Waals surface area contributed by atoms with Gasteiger partial charge >= 0.3 is 0 Å². The van der Waals surface area contributed by atoms with Crippen LogP contribution in [0, 0.1) is 0 Å². The van der Waals surface area contributed by atoms with Crippen molar-refractivity contribution in [3.05, 3.63) is 34.9 Å². The molecule has 0 aliphatic rings. The van der Waals surface area contributed by atoms with E-state index in [0.29, 0.717) is 5.69 Å². The number of nitrogens with one attached hydrogen (secondary N) is 1. The number of nitrogen functional groups attached to an aromatic ring is 1. The maximum atomic E-state index is 12.4. The van der Waals surface area contributed by atoms with Gasteiger partial charge in [-0.05, 0) is 12.1 Å². The van der Waals surface area contributed by atoms with Gasteiger partial charge < -0.3 is 5.43 Å². The van der Waals surface area contributed by atoms with Gasteiger partial charge in [0.2, 0.25) is 10.0 Å². The highest BCUT2D eigenvalue weighted by Gasteiger charge is 2.24. The fourth-order valence-corrected chi connectivity index (χ4v) is 3.30. The lowest BCUT2D eigenvalue weighted by molar-refractivity contribution is 0.463. The number of rotatable bonds is 5. The Morgan fingerprint density at radius 2 is 2.26 bits per heavy atom. The van der Waals surface area contributed by atoms with Crippen LogP contribution in [-0.2, 0) is 16.6 Å². The lowest BCUT2D eigenvalue weighted by atomic mass is 10.5. The fourth-order valence-electron chi connectivity index (χ4n) is 1.50. The first kappa shape index (κ1) is 13.9. The van der Waals surface area contributed by atoms with Crippen molar-refractivity contribution in [3.8, 4) is 0 Å². The van der Waals surface area contributed by atoms with Crippen LogP contribution in [0.15, 0.2) is 34.1 Å². The van der Waals surface area contributed by atoms with E-state index in [9.17, 15) is 8.42 Å². The molecule has 19 heavy (non-hydrogen) atoms. The summed E-state index contributed by atoms with van der Waals surface area (Å²) in [5, 5.41) is 1.80. The molecule has 2 aromatic rings. The second-order valence-corrected chi connectivity index (χ2v) is 6.47. The third kappa shape index (κ3) is 2.89. The van der Waals surface area contributed by atoms with Gasteiger partial charge in [-0.15, -0.1) is 11.3 Å². The quantitative estimate of drug-likeness (QED) is 0.621. The molecular formula is C10H13N5O2S2. The Kier molecular flexibility index (Phi) is 4.10. The van der Waals surface area contributed by atoms with Crippen molar-refractivity contribution >= 4 is 27.2 Å². The fraction of sp³-hybridized carbons (Fsp3) is 0.200. The molecule has 0 unspecified atom stereocenters. The average molecular weight is 299 g/mol. The minimum Gasteiger partial charge on any atom is -0.307 e. The van der Waals surface area contributed by atoms with Gasteiger partial charge in [-0.25, -0.2) is 24.2 Å². The van der Waals surface area contributed by atoms with Crippen LogP contribution in [0.3, 0.4) is 0 Å². The first-order valence-corrected chi connectivity index (χ1v) is 7.69. The van der Waals surface area contributed by atoms with E-state index in [0.717, 1.165) is 0 Å². The molecule has 0 bridgehead atoms. The topological polar surface area (TPSA) is 101 Å². The molecule has 0 aromatic carbocycles. The number of hydrazine groups is 1. The summed E-state index contributed by atoms with van der Waals surface area (Å²) in [4.78, 5) is 7.99. The van der Waals surface area contributed by atoms with E-state index in [4.69, 9.17) is 5.84 Å². The van der Waals surface area contributed by atoms with Gasteiger partial charge in [0.15, 0.2) is 5.82 Å². The highest BCUT2D eigenvalue weighted by atomic mass is 32.2. The van der Waals surface area contributed by atoms with E-state index in [-0.39, 0.29) is 17.3 Å². The monoisotopic (exact) mass is 299 g/mol. The molecule has 9 heteroatoms. The van der Waals surface area contributed by atoms with Crippen molar-refractivity contribution in [2.24, 2.45) is 5.84 Å². The molecule has 3 N–H and O–H groups in total. The number of nitrogens with two attached hydrogens (primary N) is 1. The van der Waals surface area contributed by atoms with Gasteiger partial charge in [0, 0.05) is 18.6 Å². The van der Waals surface area contributed by atoms with Crippen LogP contribution >= 0.6 is 11.3 Å². The summed E-state index contributed by atoms with van der Waals surface area (Å²) in [6, 6.07) is 3.00. The molecule has 7 nitrogen and oxygen atoms in total. The summed E-state index contributed by atoms with van der Waals surface area (Å²) in [6.07, 6.45) is 1.47. The van der Waals surface area contributed by atoms with Crippen molar-refractivity contribution < 1.29 is 8.42 Å². The van der Waals surface area contributed by atoms with Crippen LogP contribution in [0.5, 0.6) is 0 Å². The predicted molar refractivity (Wildman–Crippen MR) is 72.8 cm³/mol. The smallest absolute Gasteiger partial charge is 0.246 e. The maximum absolute atomic E-state index is 12.4. The molecule has 0 amide bonds. The zero-order chi connectivity index (χ0) is 13.9. The molecule has 0 atom stereocenters. The predicted octanol–water partition coefficient (Wildman–Crippen LogP) is 0.644. The standard InChI is InChI=1S/C10H13N5O2S2/c1-15(5-8-6-18-7-13-8)19(16,17)9-3-2-4-12-10(9)14-11/h2-4,6-7H,5,11H2,1H3,(H,12,14). The second-order valence-electron chi connectivity index (χ2n) is 3.74. The van der Waals surface area contributed by atoms with Crippen LogP contribution in [0.25, 0.3) is 0 Å². The van der Waals surface area contributed by atoms with Crippen molar-refractivity contribution in [3.63, 3.8) is 0 Å². The van der Waals surface area contributed by atoms with Crippen molar-refractivity contribution in [2.75, 3.05) is 12.5 Å². The van der Waals surface area contributed by atoms with Crippen molar-refractivity contribution in [2.45, 2.75) is 11.4 Å². The van der Waals surface area contributed by atoms with Crippen molar-refractivity contribution in [1.29, 1.82) is 0 Å². The number of nitrogens with zero attached hydrogens (tertiary/aromatic N) is 3. The molecule has 2 heterocycles. The molecule has 0 aliphatic carbocycles. The molecule has 0 saturated heterocycles. The van der Waals surface area contributed by atoms with Crippen LogP contribution < -0.4 is 11.3 Å². The van der Waals surface area contributed by atoms with E-state index >= 15 is 0 Å². The molecule has 0 saturated carbocycles. The first-order valence-electron chi connectivity index (χ1n) is 5.30. The zero-order valence-corrected chi connectivity index (χ0v) is 11.8. The Morgan fingerprint density at radius 1 is 1.47 bits per heavy atom. The second kappa shape index (κ2) is 5.61. The van der Waals surface area contributed by atoms with E-state index in [2.05, 4.69) is 15.4 Å². The highest BCUT2D eigenvalue weighted by molar-refractivity contribution is 7.89. The summed E-state index contributed by atoms with van der Waals surface area (Å²) < 4.78 is 26.0. The van der Waals surface area contributed by atoms with Gasteiger partial charge in [-0.1, -0.05) is 0 Å². The first-order chi connectivity index (χ1) is 9.05. The Morgan fingerprint density at radius 3 is 2.89 bits per heavy atom. The van der Waals surface area contributed by atoms with Crippen LogP contribution in [0.4, 0.5) is 5.82 Å². The number of sulfonamides is 1. The van der Waals surface area contributed by atoms with Gasteiger partial charge in [0.25, 0.3) is 0 Å². The zero-order valence-electron chi connectivity index (χ0n) is 10.1. The van der Waals surface area contributed by atoms with Gasteiger partial charge in [-0.2, -0.15) is 4.31 Å². The van der Waals surface area contributed by atoms with Crippen LogP contribution in [0.1, 0.15) is 5.69 Å². The van der Waals surface area contributed by atoms with E-state index < -0.39 is 10.0 Å². The van der Waals surface area contributed by atoms with E-state index in [1.807, 2.05) is 0 Å². The van der Waals surface area contributed by atoms with Gasteiger partial charge in [0.1, 0.15) is 4.90 Å². The number of thiazole rings is 1. The Hall–Kier alpha value is -1.55. The molecule has 0 fully saturated rings. The van der Waals surface area contributed by atoms with E-state index in [1.54, 1.807) is 17.0 Å². The Balaban J connectivity index is 2.31. The molecule has 102 valence electrons. The lowest BCUT2D eigenvalue weighted by Crippen LogP contribution is -2.28. The molecule has 2 rings (SSSR count). The largest absolute Gasteiger partial charge is 0.307 e. The highest BCUT2D eigenvalue weighted by Crippen LogP contribution is 2.21. The van der Waals surface area contributed by atoms with Crippen LogP contribution in [0.2, 0.25) is 0 Å². The summed E-state index contributed by atoms with van der Waals surface area (Å²) in [7, 11) is -2.18. The third-order valence-electron chi connectivity index (χ3n) is 2.46. The van der Waals surface area contributed by atoms with Gasteiger partial charge in [-0.3, -0.25) is 0 Å². The van der Waals surface area contributed by atoms with Crippen LogP contribution in [-0.4, -0.2) is 29.7 Å². The molecule has 0 radical (unpaired) electrons. The molecule has 2 aromatic heterocycles. The summed E-state index contributed by atoms with van der Waals surface area (Å²) in [6.45, 7) is 0.199. The normalized spacial score (nSPS) is 11.7. The minimum absolute atomic E-state index is 0.0372. The molecule has 0 spiro atoms. The molecular weight excluding hydrogens is 286 g/mol. The number of hydrogen-bond donors (Lipinski definition) is 2. The van der Waals surface area contributed by atoms with Gasteiger partial charge in [0.05, 0.1) is 17.7 Å². The SMILES string of the molecule is CN(Cc1cscn1)S(=O)(=O)c1cccnc1NN. The average Bonchev–Trinajstić information content (AvgIpc) is 2.91.